The van der Waals surface area contributed by atoms with Gasteiger partial charge in [-0.25, -0.2) is 8.42 Å². The molecule has 1 saturated carbocycles. The molecule has 0 saturated heterocycles. The standard InChI is InChI=1S/C22H23N3O6S/c1-2-31-20(26)13-17-10-11-19(25(27)28)21(16-7-6-12-24-14-16)22(17,15-23)32(29,30)18-8-4-3-5-9-18/h3-9,12,14,17,19,21H,2,10-11,13H2,1H3/t17-,19-,21+,22+/m0/s1. The maximum atomic E-state index is 14.0. The molecule has 2 aromatic rings. The molecule has 4 atom stereocenters. The normalized spacial score (nSPS) is 25.4. The molecule has 1 aromatic carbocycles. The van der Waals surface area contributed by atoms with Gasteiger partial charge in [0, 0.05) is 29.7 Å². The summed E-state index contributed by atoms with van der Waals surface area (Å²) >= 11 is 0. The Morgan fingerprint density at radius 2 is 2.00 bits per heavy atom. The van der Waals surface area contributed by atoms with Crippen molar-refractivity contribution in [3.63, 3.8) is 0 Å². The van der Waals surface area contributed by atoms with Crippen LogP contribution in [0.2, 0.25) is 0 Å². The Bertz CT molecular complexity index is 1120. The predicted octanol–water partition coefficient (Wildman–Crippen LogP) is 2.91. The molecule has 0 aliphatic heterocycles. The van der Waals surface area contributed by atoms with Gasteiger partial charge in [0.05, 0.1) is 29.9 Å². The maximum absolute atomic E-state index is 14.0. The lowest BCUT2D eigenvalue weighted by Crippen LogP contribution is -2.58. The number of benzene rings is 1. The van der Waals surface area contributed by atoms with Gasteiger partial charge in [0.2, 0.25) is 6.04 Å². The van der Waals surface area contributed by atoms with Crippen LogP contribution < -0.4 is 0 Å². The van der Waals surface area contributed by atoms with E-state index in [9.17, 15) is 28.6 Å². The molecule has 3 rings (SSSR count). The number of pyridine rings is 1. The van der Waals surface area contributed by atoms with Gasteiger partial charge in [-0.05, 0) is 37.1 Å². The van der Waals surface area contributed by atoms with Crippen molar-refractivity contribution >= 4 is 15.8 Å². The van der Waals surface area contributed by atoms with Crippen LogP contribution in [0.5, 0.6) is 0 Å². The summed E-state index contributed by atoms with van der Waals surface area (Å²) < 4.78 is 30.8. The van der Waals surface area contributed by atoms with Gasteiger partial charge >= 0.3 is 5.97 Å². The van der Waals surface area contributed by atoms with E-state index < -0.39 is 43.4 Å². The van der Waals surface area contributed by atoms with E-state index in [0.29, 0.717) is 0 Å². The van der Waals surface area contributed by atoms with E-state index in [0.717, 1.165) is 0 Å². The molecule has 0 spiro atoms. The number of sulfone groups is 1. The number of ether oxygens (including phenoxy) is 1. The molecule has 1 aromatic heterocycles. The minimum absolute atomic E-state index is 0.0147. The van der Waals surface area contributed by atoms with Gasteiger partial charge in [-0.15, -0.1) is 0 Å². The first-order chi connectivity index (χ1) is 15.3. The summed E-state index contributed by atoms with van der Waals surface area (Å²) in [7, 11) is -4.45. The minimum atomic E-state index is -4.45. The highest BCUT2D eigenvalue weighted by Gasteiger charge is 2.65. The predicted molar refractivity (Wildman–Crippen MR) is 114 cm³/mol. The van der Waals surface area contributed by atoms with Gasteiger partial charge < -0.3 is 4.74 Å². The molecule has 32 heavy (non-hydrogen) atoms. The summed E-state index contributed by atoms with van der Waals surface area (Å²) in [6.07, 6.45) is 2.50. The zero-order valence-electron chi connectivity index (χ0n) is 17.5. The zero-order chi connectivity index (χ0) is 23.4. The molecule has 0 unspecified atom stereocenters. The molecule has 1 fully saturated rings. The molecule has 1 aliphatic carbocycles. The number of hydrogen-bond acceptors (Lipinski definition) is 8. The molecule has 1 aliphatic rings. The fourth-order valence-corrected chi connectivity index (χ4v) is 6.92. The van der Waals surface area contributed by atoms with Gasteiger partial charge in [0.1, 0.15) is 0 Å². The summed E-state index contributed by atoms with van der Waals surface area (Å²) in [5.74, 6) is -2.97. The van der Waals surface area contributed by atoms with Crippen molar-refractivity contribution in [2.75, 3.05) is 6.61 Å². The second kappa shape index (κ2) is 9.44. The highest BCUT2D eigenvalue weighted by atomic mass is 32.2. The third-order valence-electron chi connectivity index (χ3n) is 5.97. The van der Waals surface area contributed by atoms with Gasteiger partial charge in [-0.1, -0.05) is 24.3 Å². The van der Waals surface area contributed by atoms with Crippen molar-refractivity contribution in [1.29, 1.82) is 5.26 Å². The molecule has 0 amide bonds. The second-order valence-corrected chi connectivity index (χ2v) is 9.78. The number of hydrogen-bond donors (Lipinski definition) is 0. The van der Waals surface area contributed by atoms with Crippen molar-refractivity contribution < 1.29 is 22.9 Å². The molecular formula is C22H23N3O6S. The monoisotopic (exact) mass is 457 g/mol. The van der Waals surface area contributed by atoms with Crippen molar-refractivity contribution in [3.05, 3.63) is 70.5 Å². The van der Waals surface area contributed by atoms with Gasteiger partial charge in [0.15, 0.2) is 14.6 Å². The second-order valence-electron chi connectivity index (χ2n) is 7.62. The van der Waals surface area contributed by atoms with E-state index in [4.69, 9.17) is 4.74 Å². The van der Waals surface area contributed by atoms with Gasteiger partial charge in [-0.2, -0.15) is 5.26 Å². The number of nitriles is 1. The highest BCUT2D eigenvalue weighted by molar-refractivity contribution is 7.93. The number of nitrogens with zero attached hydrogens (tertiary/aromatic N) is 3. The topological polar surface area (TPSA) is 140 Å². The van der Waals surface area contributed by atoms with Crippen LogP contribution in [0.4, 0.5) is 0 Å². The van der Waals surface area contributed by atoms with Gasteiger partial charge in [-0.3, -0.25) is 19.9 Å². The average molecular weight is 458 g/mol. The zero-order valence-corrected chi connectivity index (χ0v) is 18.3. The van der Waals surface area contributed by atoms with Crippen LogP contribution in [-0.2, 0) is 19.4 Å². The Kier molecular flexibility index (Phi) is 6.89. The largest absolute Gasteiger partial charge is 0.466 e. The lowest BCUT2D eigenvalue weighted by Gasteiger charge is -2.44. The number of esters is 1. The lowest BCUT2D eigenvalue weighted by atomic mass is 9.66. The summed E-state index contributed by atoms with van der Waals surface area (Å²) in [4.78, 5) is 27.7. The summed E-state index contributed by atoms with van der Waals surface area (Å²) in [6.45, 7) is 1.72. The highest BCUT2D eigenvalue weighted by Crippen LogP contribution is 2.52. The van der Waals surface area contributed by atoms with Crippen LogP contribution in [0.15, 0.2) is 59.8 Å². The van der Waals surface area contributed by atoms with Crippen LogP contribution in [0, 0.1) is 27.4 Å². The van der Waals surface area contributed by atoms with E-state index in [1.54, 1.807) is 19.1 Å². The van der Waals surface area contributed by atoms with E-state index in [-0.39, 0.29) is 36.3 Å². The number of carbonyl (C=O) groups is 1. The Morgan fingerprint density at radius 3 is 2.56 bits per heavy atom. The Labute approximate surface area is 186 Å². The Balaban J connectivity index is 2.31. The molecule has 0 N–H and O–H groups in total. The van der Waals surface area contributed by atoms with Crippen molar-refractivity contribution in [3.8, 4) is 6.07 Å². The van der Waals surface area contributed by atoms with Crippen molar-refractivity contribution in [1.82, 2.24) is 4.98 Å². The Hall–Kier alpha value is -3.32. The van der Waals surface area contributed by atoms with E-state index >= 15 is 0 Å². The molecule has 0 radical (unpaired) electrons. The number of aromatic nitrogens is 1. The van der Waals surface area contributed by atoms with E-state index in [1.807, 2.05) is 6.07 Å². The molecule has 9 nitrogen and oxygen atoms in total. The lowest BCUT2D eigenvalue weighted by molar-refractivity contribution is -0.531. The first kappa shape index (κ1) is 23.3. The van der Waals surface area contributed by atoms with E-state index in [2.05, 4.69) is 4.98 Å². The molecule has 1 heterocycles. The molecule has 0 bridgehead atoms. The van der Waals surface area contributed by atoms with E-state index in [1.165, 1.54) is 42.7 Å². The minimum Gasteiger partial charge on any atom is -0.466 e. The third-order valence-corrected chi connectivity index (χ3v) is 8.43. The van der Waals surface area contributed by atoms with Crippen molar-refractivity contribution in [2.24, 2.45) is 5.92 Å². The first-order valence-electron chi connectivity index (χ1n) is 10.2. The third kappa shape index (κ3) is 3.96. The fourth-order valence-electron chi connectivity index (χ4n) is 4.63. The SMILES string of the molecule is CCOC(=O)C[C@@H]1CC[C@H]([N+](=O)[O-])[C@@H](c2cccnc2)[C@]1(C#N)S(=O)(=O)c1ccccc1. The summed E-state index contributed by atoms with van der Waals surface area (Å²) in [5.41, 5.74) is 0.267. The molecule has 10 heteroatoms. The number of rotatable bonds is 7. The average Bonchev–Trinajstić information content (AvgIpc) is 2.79. The molecular weight excluding hydrogens is 434 g/mol. The number of nitro groups is 1. The quantitative estimate of drug-likeness (QED) is 0.351. The van der Waals surface area contributed by atoms with Crippen LogP contribution in [0.3, 0.4) is 0 Å². The fraction of sp³-hybridized carbons (Fsp3) is 0.409. The summed E-state index contributed by atoms with van der Waals surface area (Å²) in [6, 6.07) is 11.1. The van der Waals surface area contributed by atoms with Crippen LogP contribution in [0.25, 0.3) is 0 Å². The Morgan fingerprint density at radius 1 is 1.28 bits per heavy atom. The number of carbonyl (C=O) groups excluding carboxylic acids is 1. The van der Waals surface area contributed by atoms with Crippen molar-refractivity contribution in [2.45, 2.75) is 47.8 Å². The summed E-state index contributed by atoms with van der Waals surface area (Å²) in [5, 5.41) is 22.5. The van der Waals surface area contributed by atoms with Crippen LogP contribution in [0.1, 0.15) is 37.7 Å². The maximum Gasteiger partial charge on any atom is 0.306 e. The van der Waals surface area contributed by atoms with Crippen LogP contribution in [-0.4, -0.2) is 41.7 Å². The first-order valence-corrected chi connectivity index (χ1v) is 11.7. The molecule has 168 valence electrons. The smallest absolute Gasteiger partial charge is 0.306 e. The van der Waals surface area contributed by atoms with Gasteiger partial charge in [0.25, 0.3) is 0 Å². The van der Waals surface area contributed by atoms with Crippen LogP contribution >= 0.6 is 0 Å².